The Morgan fingerprint density at radius 1 is 1.21 bits per heavy atom. The van der Waals surface area contributed by atoms with Gasteiger partial charge < -0.3 is 0 Å². The number of fused-ring (bicyclic) bond motifs is 1. The first-order chi connectivity index (χ1) is 11.5. The third-order valence-corrected chi connectivity index (χ3v) is 5.06. The van der Waals surface area contributed by atoms with E-state index < -0.39 is 10.1 Å². The maximum absolute atomic E-state index is 11.5. The van der Waals surface area contributed by atoms with E-state index in [-0.39, 0.29) is 16.1 Å². The third kappa shape index (κ3) is 3.44. The Morgan fingerprint density at radius 2 is 2.00 bits per heavy atom. The molecule has 0 fully saturated rings. The van der Waals surface area contributed by atoms with E-state index in [1.54, 1.807) is 12.2 Å². The van der Waals surface area contributed by atoms with Gasteiger partial charge >= 0.3 is 0 Å². The molecule has 120 valence electrons. The molecule has 0 spiro atoms. The molecule has 3 aromatic rings. The van der Waals surface area contributed by atoms with Crippen LogP contribution < -0.4 is 0 Å². The molecule has 0 saturated carbocycles. The highest BCUT2D eigenvalue weighted by atomic mass is 32.2. The van der Waals surface area contributed by atoms with Gasteiger partial charge in [-0.3, -0.25) is 4.55 Å². The molecule has 1 heterocycles. The van der Waals surface area contributed by atoms with Crippen molar-refractivity contribution in [2.24, 2.45) is 5.11 Å². The molecule has 0 amide bonds. The predicted octanol–water partition coefficient (Wildman–Crippen LogP) is 4.66. The number of nitrogens with zero attached hydrogens (tertiary/aromatic N) is 4. The zero-order chi connectivity index (χ0) is 17.2. The molecule has 0 aliphatic heterocycles. The molecule has 7 nitrogen and oxygen atoms in total. The van der Waals surface area contributed by atoms with E-state index in [2.05, 4.69) is 15.0 Å². The number of rotatable bonds is 4. The Hall–Kier alpha value is -2.71. The standard InChI is InChI=1S/C15H10N4O3S2/c16-19-18-11-7-5-10(14(9-11)24(20,21)22)6-8-15-17-12-3-1-2-4-13(12)23-15/h1-9H,(H,20,21,22). The van der Waals surface area contributed by atoms with Crippen molar-refractivity contribution >= 4 is 49.5 Å². The van der Waals surface area contributed by atoms with Crippen LogP contribution >= 0.6 is 11.3 Å². The minimum absolute atomic E-state index is 0.0993. The molecular weight excluding hydrogens is 348 g/mol. The molecule has 0 aliphatic rings. The molecule has 0 saturated heterocycles. The lowest BCUT2D eigenvalue weighted by atomic mass is 10.2. The van der Waals surface area contributed by atoms with Crippen molar-refractivity contribution in [2.45, 2.75) is 4.90 Å². The van der Waals surface area contributed by atoms with E-state index in [4.69, 9.17) is 5.53 Å². The summed E-state index contributed by atoms with van der Waals surface area (Å²) < 4.78 is 33.5. The Kier molecular flexibility index (Phi) is 4.32. The van der Waals surface area contributed by atoms with Crippen molar-refractivity contribution in [3.8, 4) is 0 Å². The van der Waals surface area contributed by atoms with Crippen molar-refractivity contribution in [3.63, 3.8) is 0 Å². The van der Waals surface area contributed by atoms with Crippen LogP contribution in [0.1, 0.15) is 10.6 Å². The van der Waals surface area contributed by atoms with E-state index in [9.17, 15) is 13.0 Å². The van der Waals surface area contributed by atoms with Crippen LogP contribution in [0.25, 0.3) is 32.8 Å². The summed E-state index contributed by atoms with van der Waals surface area (Å²) in [5, 5.41) is 4.04. The summed E-state index contributed by atoms with van der Waals surface area (Å²) in [6.45, 7) is 0. The molecule has 0 radical (unpaired) electrons. The predicted molar refractivity (Wildman–Crippen MR) is 93.6 cm³/mol. The van der Waals surface area contributed by atoms with Crippen molar-refractivity contribution in [3.05, 3.63) is 63.5 Å². The van der Waals surface area contributed by atoms with E-state index in [1.165, 1.54) is 23.5 Å². The monoisotopic (exact) mass is 358 g/mol. The highest BCUT2D eigenvalue weighted by Crippen LogP contribution is 2.26. The van der Waals surface area contributed by atoms with E-state index in [0.717, 1.165) is 16.3 Å². The highest BCUT2D eigenvalue weighted by molar-refractivity contribution is 7.86. The second-order valence-electron chi connectivity index (χ2n) is 4.74. The van der Waals surface area contributed by atoms with E-state index >= 15 is 0 Å². The number of benzene rings is 2. The second-order valence-corrected chi connectivity index (χ2v) is 7.19. The van der Waals surface area contributed by atoms with Crippen LogP contribution in [-0.4, -0.2) is 18.0 Å². The van der Waals surface area contributed by atoms with E-state index in [0.29, 0.717) is 5.01 Å². The molecular formula is C15H10N4O3S2. The van der Waals surface area contributed by atoms with Crippen molar-refractivity contribution in [1.82, 2.24) is 4.98 Å². The topological polar surface area (TPSA) is 116 Å². The van der Waals surface area contributed by atoms with Gasteiger partial charge in [0.15, 0.2) is 0 Å². The summed E-state index contributed by atoms with van der Waals surface area (Å²) in [5.41, 5.74) is 9.66. The number of hydrogen-bond acceptors (Lipinski definition) is 5. The first-order valence-corrected chi connectivity index (χ1v) is 8.93. The summed E-state index contributed by atoms with van der Waals surface area (Å²) >= 11 is 1.46. The van der Waals surface area contributed by atoms with Crippen molar-refractivity contribution < 1.29 is 13.0 Å². The lowest BCUT2D eigenvalue weighted by Gasteiger charge is -2.03. The maximum atomic E-state index is 11.5. The smallest absolute Gasteiger partial charge is 0.282 e. The van der Waals surface area contributed by atoms with Crippen LogP contribution in [0.3, 0.4) is 0 Å². The molecule has 1 aromatic heterocycles. The Bertz CT molecular complexity index is 1060. The fraction of sp³-hybridized carbons (Fsp3) is 0. The second kappa shape index (κ2) is 6.42. The Labute approximate surface area is 141 Å². The minimum Gasteiger partial charge on any atom is -0.282 e. The summed E-state index contributed by atoms with van der Waals surface area (Å²) in [6, 6.07) is 11.7. The van der Waals surface area contributed by atoms with Gasteiger partial charge in [-0.15, -0.1) is 11.3 Å². The molecule has 2 aromatic carbocycles. The highest BCUT2D eigenvalue weighted by Gasteiger charge is 2.14. The molecule has 24 heavy (non-hydrogen) atoms. The van der Waals surface area contributed by atoms with Gasteiger partial charge in [0, 0.05) is 10.6 Å². The van der Waals surface area contributed by atoms with Crippen LogP contribution in [0.5, 0.6) is 0 Å². The number of para-hydroxylation sites is 1. The number of thiazole rings is 1. The van der Waals surface area contributed by atoms with Crippen LogP contribution in [0.2, 0.25) is 0 Å². The lowest BCUT2D eigenvalue weighted by molar-refractivity contribution is 0.483. The summed E-state index contributed by atoms with van der Waals surface area (Å²) in [5.74, 6) is 0. The van der Waals surface area contributed by atoms with Crippen molar-refractivity contribution in [1.29, 1.82) is 0 Å². The average molecular weight is 358 g/mol. The van der Waals surface area contributed by atoms with Gasteiger partial charge in [0.25, 0.3) is 10.1 Å². The molecule has 1 N–H and O–H groups in total. The van der Waals surface area contributed by atoms with Gasteiger partial charge in [0.1, 0.15) is 9.90 Å². The quantitative estimate of drug-likeness (QED) is 0.316. The maximum Gasteiger partial charge on any atom is 0.295 e. The van der Waals surface area contributed by atoms with Gasteiger partial charge in [0.05, 0.1) is 10.2 Å². The Balaban J connectivity index is 2.03. The van der Waals surface area contributed by atoms with Crippen LogP contribution in [0.15, 0.2) is 52.5 Å². The van der Waals surface area contributed by atoms with E-state index in [1.807, 2.05) is 24.3 Å². The first-order valence-electron chi connectivity index (χ1n) is 6.68. The van der Waals surface area contributed by atoms with Gasteiger partial charge in [-0.05, 0) is 35.4 Å². The molecule has 0 bridgehead atoms. The molecule has 0 unspecified atom stereocenters. The molecule has 9 heteroatoms. The average Bonchev–Trinajstić information content (AvgIpc) is 2.96. The van der Waals surface area contributed by atoms with Crippen LogP contribution in [-0.2, 0) is 10.1 Å². The largest absolute Gasteiger partial charge is 0.295 e. The van der Waals surface area contributed by atoms with Crippen molar-refractivity contribution in [2.75, 3.05) is 0 Å². The Morgan fingerprint density at radius 3 is 2.71 bits per heavy atom. The molecule has 0 aliphatic carbocycles. The SMILES string of the molecule is [N-]=[N+]=Nc1ccc(C=Cc2nc3ccccc3s2)c(S(=O)(=O)O)c1. The summed E-state index contributed by atoms with van der Waals surface area (Å²) in [4.78, 5) is 6.69. The number of hydrogen-bond donors (Lipinski definition) is 1. The van der Waals surface area contributed by atoms with Gasteiger partial charge in [0.2, 0.25) is 0 Å². The van der Waals surface area contributed by atoms with Crippen LogP contribution in [0, 0.1) is 0 Å². The molecule has 3 rings (SSSR count). The lowest BCUT2D eigenvalue weighted by Crippen LogP contribution is -2.00. The van der Waals surface area contributed by atoms with Gasteiger partial charge in [-0.2, -0.15) is 8.42 Å². The third-order valence-electron chi connectivity index (χ3n) is 3.15. The normalized spacial score (nSPS) is 11.7. The minimum atomic E-state index is -4.45. The zero-order valence-electron chi connectivity index (χ0n) is 12.1. The fourth-order valence-corrected chi connectivity index (χ4v) is 3.69. The van der Waals surface area contributed by atoms with Crippen LogP contribution in [0.4, 0.5) is 5.69 Å². The zero-order valence-corrected chi connectivity index (χ0v) is 13.7. The number of aromatic nitrogens is 1. The fourth-order valence-electron chi connectivity index (χ4n) is 2.12. The first kappa shape index (κ1) is 16.2. The summed E-state index contributed by atoms with van der Waals surface area (Å²) in [6.07, 6.45) is 3.21. The van der Waals surface area contributed by atoms with Gasteiger partial charge in [-0.25, -0.2) is 4.98 Å². The summed E-state index contributed by atoms with van der Waals surface area (Å²) in [7, 11) is -4.45. The molecule has 0 atom stereocenters. The van der Waals surface area contributed by atoms with Gasteiger partial charge in [-0.1, -0.05) is 35.5 Å². The number of azide groups is 1.